The molecule has 1 aliphatic heterocycles. The number of likely N-dealkylation sites (tertiary alicyclic amines) is 1. The number of nitrogens with one attached hydrogen (secondary N) is 1. The maximum Gasteiger partial charge on any atom is 0.217 e. The lowest BCUT2D eigenvalue weighted by Gasteiger charge is -2.30. The first-order valence-corrected chi connectivity index (χ1v) is 6.92. The summed E-state index contributed by atoms with van der Waals surface area (Å²) in [4.78, 5) is 13.4. The van der Waals surface area contributed by atoms with Gasteiger partial charge in [-0.1, -0.05) is 6.92 Å². The van der Waals surface area contributed by atoms with Crippen LogP contribution in [0.2, 0.25) is 0 Å². The van der Waals surface area contributed by atoms with Crippen LogP contribution in [0, 0.1) is 0 Å². The first-order valence-electron chi connectivity index (χ1n) is 6.92. The zero-order valence-electron chi connectivity index (χ0n) is 11.6. The monoisotopic (exact) mass is 265 g/mol. The third-order valence-corrected chi connectivity index (χ3v) is 3.73. The number of nitrogens with zero attached hydrogens (tertiary/aromatic N) is 1. The smallest absolute Gasteiger partial charge is 0.217 e. The van der Waals surface area contributed by atoms with Crippen LogP contribution < -0.4 is 11.1 Å². The second-order valence-electron chi connectivity index (χ2n) is 5.21. The summed E-state index contributed by atoms with van der Waals surface area (Å²) in [6.45, 7) is 5.41. The van der Waals surface area contributed by atoms with Gasteiger partial charge < -0.3 is 15.5 Å². The summed E-state index contributed by atoms with van der Waals surface area (Å²) in [5, 5.41) is 2.98. The topological polar surface area (TPSA) is 71.5 Å². The first-order chi connectivity index (χ1) is 9.11. The molecule has 0 spiro atoms. The molecule has 1 amide bonds. The molecule has 1 aromatic rings. The van der Waals surface area contributed by atoms with E-state index in [9.17, 15) is 4.79 Å². The fourth-order valence-corrected chi connectivity index (χ4v) is 2.79. The van der Waals surface area contributed by atoms with Crippen LogP contribution in [0.15, 0.2) is 22.8 Å². The average Bonchev–Trinajstić information content (AvgIpc) is 3.01. The lowest BCUT2D eigenvalue weighted by molar-refractivity contribution is -0.119. The van der Waals surface area contributed by atoms with E-state index in [0.717, 1.165) is 31.7 Å². The van der Waals surface area contributed by atoms with Gasteiger partial charge in [0, 0.05) is 32.1 Å². The van der Waals surface area contributed by atoms with Crippen LogP contribution in [0.25, 0.3) is 0 Å². The van der Waals surface area contributed by atoms with Crippen molar-refractivity contribution in [3.8, 4) is 0 Å². The number of rotatable bonds is 5. The third kappa shape index (κ3) is 3.36. The van der Waals surface area contributed by atoms with Gasteiger partial charge in [0.1, 0.15) is 5.76 Å². The molecule has 3 atom stereocenters. The molecule has 1 saturated heterocycles. The van der Waals surface area contributed by atoms with E-state index in [1.54, 1.807) is 13.2 Å². The Morgan fingerprint density at radius 3 is 3.05 bits per heavy atom. The van der Waals surface area contributed by atoms with Crippen molar-refractivity contribution in [3.63, 3.8) is 0 Å². The highest BCUT2D eigenvalue weighted by Gasteiger charge is 2.33. The highest BCUT2D eigenvalue weighted by atomic mass is 16.3. The Balaban J connectivity index is 2.06. The number of hydrogen-bond acceptors (Lipinski definition) is 4. The van der Waals surface area contributed by atoms with E-state index in [-0.39, 0.29) is 24.0 Å². The van der Waals surface area contributed by atoms with Crippen LogP contribution in [0.3, 0.4) is 0 Å². The maximum absolute atomic E-state index is 11.1. The first kappa shape index (κ1) is 14.1. The van der Waals surface area contributed by atoms with Crippen molar-refractivity contribution in [2.75, 3.05) is 13.1 Å². The van der Waals surface area contributed by atoms with Gasteiger partial charge in [0.25, 0.3) is 0 Å². The molecular weight excluding hydrogens is 242 g/mol. The van der Waals surface area contributed by atoms with Crippen LogP contribution in [-0.4, -0.2) is 36.0 Å². The third-order valence-electron chi connectivity index (χ3n) is 3.73. The number of nitrogens with two attached hydrogens (primary N) is 1. The molecular formula is C14H23N3O2. The van der Waals surface area contributed by atoms with Crippen molar-refractivity contribution in [2.24, 2.45) is 5.73 Å². The Morgan fingerprint density at radius 1 is 1.68 bits per heavy atom. The number of furan rings is 1. The van der Waals surface area contributed by atoms with Gasteiger partial charge in [-0.2, -0.15) is 0 Å². The molecule has 0 radical (unpaired) electrons. The second kappa shape index (κ2) is 6.21. The predicted molar refractivity (Wildman–Crippen MR) is 73.5 cm³/mol. The van der Waals surface area contributed by atoms with Gasteiger partial charge in [-0.3, -0.25) is 9.69 Å². The van der Waals surface area contributed by atoms with E-state index in [1.165, 1.54) is 0 Å². The van der Waals surface area contributed by atoms with E-state index in [1.807, 2.05) is 12.1 Å². The van der Waals surface area contributed by atoms with Gasteiger partial charge in [0.2, 0.25) is 5.91 Å². The lowest BCUT2D eigenvalue weighted by Crippen LogP contribution is -2.42. The van der Waals surface area contributed by atoms with Crippen molar-refractivity contribution in [3.05, 3.63) is 24.2 Å². The fraction of sp³-hybridized carbons (Fsp3) is 0.643. The van der Waals surface area contributed by atoms with Crippen molar-refractivity contribution < 1.29 is 9.21 Å². The Labute approximate surface area is 114 Å². The van der Waals surface area contributed by atoms with Crippen LogP contribution in [0.4, 0.5) is 0 Å². The molecule has 19 heavy (non-hydrogen) atoms. The summed E-state index contributed by atoms with van der Waals surface area (Å²) >= 11 is 0. The molecule has 2 rings (SSSR count). The number of hydrogen-bond donors (Lipinski definition) is 2. The molecule has 106 valence electrons. The molecule has 2 heterocycles. The second-order valence-corrected chi connectivity index (χ2v) is 5.21. The van der Waals surface area contributed by atoms with E-state index in [2.05, 4.69) is 17.1 Å². The minimum Gasteiger partial charge on any atom is -0.468 e. The molecule has 5 nitrogen and oxygen atoms in total. The maximum atomic E-state index is 11.1. The summed E-state index contributed by atoms with van der Waals surface area (Å²) in [5.41, 5.74) is 6.25. The molecule has 0 aromatic carbocycles. The quantitative estimate of drug-likeness (QED) is 0.841. The van der Waals surface area contributed by atoms with Gasteiger partial charge in [0.05, 0.1) is 12.3 Å². The van der Waals surface area contributed by atoms with Crippen molar-refractivity contribution in [1.29, 1.82) is 0 Å². The van der Waals surface area contributed by atoms with Gasteiger partial charge in [-0.15, -0.1) is 0 Å². The largest absolute Gasteiger partial charge is 0.468 e. The highest BCUT2D eigenvalue weighted by Crippen LogP contribution is 2.29. The lowest BCUT2D eigenvalue weighted by atomic mass is 10.0. The Morgan fingerprint density at radius 2 is 2.47 bits per heavy atom. The SMILES string of the molecule is CCC(N)C(c1ccco1)N1CCC(NC(C)=O)C1. The van der Waals surface area contributed by atoms with Crippen LogP contribution in [0.1, 0.15) is 38.5 Å². The van der Waals surface area contributed by atoms with Gasteiger partial charge in [-0.05, 0) is 25.0 Å². The Kier molecular flexibility index (Phi) is 4.61. The minimum atomic E-state index is 0.0289. The molecule has 5 heteroatoms. The summed E-state index contributed by atoms with van der Waals surface area (Å²) < 4.78 is 5.54. The Hall–Kier alpha value is -1.33. The summed E-state index contributed by atoms with van der Waals surface area (Å²) in [6, 6.07) is 4.23. The molecule has 0 saturated carbocycles. The molecule has 3 unspecified atom stereocenters. The van der Waals surface area contributed by atoms with Gasteiger partial charge >= 0.3 is 0 Å². The van der Waals surface area contributed by atoms with Crippen LogP contribution in [-0.2, 0) is 4.79 Å². The van der Waals surface area contributed by atoms with Gasteiger partial charge in [0.15, 0.2) is 0 Å². The Bertz CT molecular complexity index is 405. The molecule has 0 bridgehead atoms. The molecule has 1 aromatic heterocycles. The van der Waals surface area contributed by atoms with Gasteiger partial charge in [-0.25, -0.2) is 0 Å². The van der Waals surface area contributed by atoms with Crippen LogP contribution in [0.5, 0.6) is 0 Å². The molecule has 0 aliphatic carbocycles. The van der Waals surface area contributed by atoms with E-state index < -0.39 is 0 Å². The summed E-state index contributed by atoms with van der Waals surface area (Å²) in [5.74, 6) is 0.944. The van der Waals surface area contributed by atoms with Crippen molar-refractivity contribution in [2.45, 2.75) is 44.8 Å². The van der Waals surface area contributed by atoms with E-state index in [4.69, 9.17) is 10.2 Å². The zero-order valence-corrected chi connectivity index (χ0v) is 11.6. The fourth-order valence-electron chi connectivity index (χ4n) is 2.79. The van der Waals surface area contributed by atoms with E-state index in [0.29, 0.717) is 0 Å². The number of carbonyl (C=O) groups excluding carboxylic acids is 1. The standard InChI is InChI=1S/C14H23N3O2/c1-3-12(15)14(13-5-4-8-19-13)17-7-6-11(9-17)16-10(2)18/h4-5,8,11-12,14H,3,6-7,9,15H2,1-2H3,(H,16,18). The molecule has 1 aliphatic rings. The highest BCUT2D eigenvalue weighted by molar-refractivity contribution is 5.73. The van der Waals surface area contributed by atoms with Crippen LogP contribution >= 0.6 is 0 Å². The van der Waals surface area contributed by atoms with E-state index >= 15 is 0 Å². The molecule has 1 fully saturated rings. The summed E-state index contributed by atoms with van der Waals surface area (Å²) in [6.07, 6.45) is 3.55. The zero-order chi connectivity index (χ0) is 13.8. The predicted octanol–water partition coefficient (Wildman–Crippen LogP) is 1.27. The average molecular weight is 265 g/mol. The van der Waals surface area contributed by atoms with Crippen molar-refractivity contribution in [1.82, 2.24) is 10.2 Å². The number of carbonyl (C=O) groups is 1. The minimum absolute atomic E-state index is 0.0289. The molecule has 3 N–H and O–H groups in total. The normalized spacial score (nSPS) is 23.2. The number of amides is 1. The summed E-state index contributed by atoms with van der Waals surface area (Å²) in [7, 11) is 0. The van der Waals surface area contributed by atoms with Crippen molar-refractivity contribution >= 4 is 5.91 Å².